The Balaban J connectivity index is 1.82. The van der Waals surface area contributed by atoms with Gasteiger partial charge in [0.25, 0.3) is 5.91 Å². The van der Waals surface area contributed by atoms with Crippen molar-refractivity contribution in [2.24, 2.45) is 0 Å². The Hall–Kier alpha value is -2.79. The molecule has 1 amide bonds. The molecule has 3 rings (SSSR count). The topological polar surface area (TPSA) is 59.1 Å². The Morgan fingerprint density at radius 3 is 2.23 bits per heavy atom. The summed E-state index contributed by atoms with van der Waals surface area (Å²) in [5.41, 5.74) is 3.38. The van der Waals surface area contributed by atoms with Crippen molar-refractivity contribution in [2.45, 2.75) is 27.3 Å². The highest BCUT2D eigenvalue weighted by atomic mass is 32.1. The number of rotatable bonds is 5. The van der Waals surface area contributed by atoms with Gasteiger partial charge in [0.1, 0.15) is 0 Å². The highest BCUT2D eigenvalue weighted by Gasteiger charge is 2.18. The maximum absolute atomic E-state index is 12.8. The van der Waals surface area contributed by atoms with E-state index in [4.69, 9.17) is 0 Å². The summed E-state index contributed by atoms with van der Waals surface area (Å²) in [6, 6.07) is 14.3. The van der Waals surface area contributed by atoms with Crippen LogP contribution in [0.15, 0.2) is 48.5 Å². The SMILES string of the molecule is Cc1ccc(C(=O)c2ccccc2C(=O)NCc2sc(C)nc2C)cc1. The van der Waals surface area contributed by atoms with Crippen LogP contribution < -0.4 is 5.32 Å². The molecule has 2 aromatic carbocycles. The number of carbonyl (C=O) groups is 2. The zero-order chi connectivity index (χ0) is 18.7. The molecule has 26 heavy (non-hydrogen) atoms. The lowest BCUT2D eigenvalue weighted by molar-refractivity contribution is 0.0940. The number of nitrogens with one attached hydrogen (secondary N) is 1. The smallest absolute Gasteiger partial charge is 0.252 e. The van der Waals surface area contributed by atoms with Crippen LogP contribution in [0.4, 0.5) is 0 Å². The molecule has 0 fully saturated rings. The van der Waals surface area contributed by atoms with Crippen molar-refractivity contribution in [3.8, 4) is 0 Å². The molecular formula is C21H20N2O2S. The third kappa shape index (κ3) is 3.89. The molecule has 1 aromatic heterocycles. The number of ketones is 1. The summed E-state index contributed by atoms with van der Waals surface area (Å²) in [7, 11) is 0. The number of aryl methyl sites for hydroxylation is 3. The summed E-state index contributed by atoms with van der Waals surface area (Å²) < 4.78 is 0. The number of hydrogen-bond acceptors (Lipinski definition) is 4. The van der Waals surface area contributed by atoms with Crippen LogP contribution in [0.5, 0.6) is 0 Å². The van der Waals surface area contributed by atoms with Gasteiger partial charge >= 0.3 is 0 Å². The third-order valence-electron chi connectivity index (χ3n) is 4.14. The molecule has 0 aliphatic carbocycles. The summed E-state index contributed by atoms with van der Waals surface area (Å²) in [4.78, 5) is 30.9. The first kappa shape index (κ1) is 18.0. The van der Waals surface area contributed by atoms with Gasteiger partial charge < -0.3 is 5.32 Å². The van der Waals surface area contributed by atoms with E-state index in [1.807, 2.05) is 32.9 Å². The van der Waals surface area contributed by atoms with Crippen LogP contribution >= 0.6 is 11.3 Å². The van der Waals surface area contributed by atoms with Gasteiger partial charge in [-0.05, 0) is 26.8 Å². The highest BCUT2D eigenvalue weighted by Crippen LogP contribution is 2.18. The Labute approximate surface area is 156 Å². The second kappa shape index (κ2) is 7.62. The van der Waals surface area contributed by atoms with Gasteiger partial charge in [0.05, 0.1) is 22.8 Å². The molecule has 0 aliphatic rings. The van der Waals surface area contributed by atoms with Gasteiger partial charge in [0.2, 0.25) is 0 Å². The van der Waals surface area contributed by atoms with Crippen LogP contribution in [0.3, 0.4) is 0 Å². The number of aromatic nitrogens is 1. The van der Waals surface area contributed by atoms with Gasteiger partial charge in [-0.1, -0.05) is 48.0 Å². The van der Waals surface area contributed by atoms with Gasteiger partial charge in [0, 0.05) is 16.0 Å². The normalized spacial score (nSPS) is 10.6. The Morgan fingerprint density at radius 2 is 1.62 bits per heavy atom. The van der Waals surface area contributed by atoms with Crippen molar-refractivity contribution in [1.82, 2.24) is 10.3 Å². The first-order valence-corrected chi connectivity index (χ1v) is 9.19. The van der Waals surface area contributed by atoms with E-state index in [0.29, 0.717) is 23.2 Å². The maximum atomic E-state index is 12.8. The second-order valence-corrected chi connectivity index (χ2v) is 7.45. The molecule has 1 heterocycles. The van der Waals surface area contributed by atoms with Crippen molar-refractivity contribution >= 4 is 23.0 Å². The number of carbonyl (C=O) groups excluding carboxylic acids is 2. The molecule has 0 radical (unpaired) electrons. The average Bonchev–Trinajstić information content (AvgIpc) is 2.97. The lowest BCUT2D eigenvalue weighted by Crippen LogP contribution is -2.25. The van der Waals surface area contributed by atoms with Gasteiger partial charge in [0.15, 0.2) is 5.78 Å². The van der Waals surface area contributed by atoms with E-state index in [9.17, 15) is 9.59 Å². The molecule has 0 bridgehead atoms. The van der Waals surface area contributed by atoms with Gasteiger partial charge in [-0.3, -0.25) is 9.59 Å². The zero-order valence-electron chi connectivity index (χ0n) is 15.0. The van der Waals surface area contributed by atoms with Crippen molar-refractivity contribution in [1.29, 1.82) is 0 Å². The number of thiazole rings is 1. The minimum atomic E-state index is -0.258. The van der Waals surface area contributed by atoms with Crippen molar-refractivity contribution in [3.05, 3.63) is 86.4 Å². The molecule has 0 unspecified atom stereocenters. The summed E-state index contributed by atoms with van der Waals surface area (Å²) in [6.45, 7) is 6.25. The Kier molecular flexibility index (Phi) is 5.28. The lowest BCUT2D eigenvalue weighted by Gasteiger charge is -2.09. The summed E-state index contributed by atoms with van der Waals surface area (Å²) >= 11 is 1.57. The van der Waals surface area contributed by atoms with Crippen molar-refractivity contribution < 1.29 is 9.59 Å². The quantitative estimate of drug-likeness (QED) is 0.689. The summed E-state index contributed by atoms with van der Waals surface area (Å²) in [6.07, 6.45) is 0. The minimum Gasteiger partial charge on any atom is -0.347 e. The summed E-state index contributed by atoms with van der Waals surface area (Å²) in [5.74, 6) is -0.410. The molecular weight excluding hydrogens is 344 g/mol. The standard InChI is InChI=1S/C21H20N2O2S/c1-13-8-10-16(11-9-13)20(24)17-6-4-5-7-18(17)21(25)22-12-19-14(2)23-15(3)26-19/h4-11H,12H2,1-3H3,(H,22,25). The monoisotopic (exact) mass is 364 g/mol. The van der Waals surface area contributed by atoms with E-state index in [1.54, 1.807) is 47.7 Å². The van der Waals surface area contributed by atoms with Crippen LogP contribution in [0, 0.1) is 20.8 Å². The van der Waals surface area contributed by atoms with Crippen LogP contribution in [0.2, 0.25) is 0 Å². The van der Waals surface area contributed by atoms with E-state index in [2.05, 4.69) is 10.3 Å². The van der Waals surface area contributed by atoms with E-state index in [-0.39, 0.29) is 11.7 Å². The molecule has 0 saturated carbocycles. The lowest BCUT2D eigenvalue weighted by atomic mass is 9.97. The highest BCUT2D eigenvalue weighted by molar-refractivity contribution is 7.11. The Morgan fingerprint density at radius 1 is 0.962 bits per heavy atom. The van der Waals surface area contributed by atoms with Crippen LogP contribution in [-0.4, -0.2) is 16.7 Å². The fourth-order valence-electron chi connectivity index (χ4n) is 2.73. The van der Waals surface area contributed by atoms with Crippen molar-refractivity contribution in [2.75, 3.05) is 0 Å². The molecule has 0 spiro atoms. The van der Waals surface area contributed by atoms with E-state index in [0.717, 1.165) is 21.1 Å². The number of hydrogen-bond donors (Lipinski definition) is 1. The number of nitrogens with zero attached hydrogens (tertiary/aromatic N) is 1. The fourth-order valence-corrected chi connectivity index (χ4v) is 3.61. The van der Waals surface area contributed by atoms with Crippen molar-refractivity contribution in [3.63, 3.8) is 0 Å². The molecule has 0 atom stereocenters. The summed E-state index contributed by atoms with van der Waals surface area (Å²) in [5, 5.41) is 3.88. The second-order valence-electron chi connectivity index (χ2n) is 6.16. The molecule has 4 nitrogen and oxygen atoms in total. The van der Waals surface area contributed by atoms with Crippen LogP contribution in [-0.2, 0) is 6.54 Å². The molecule has 0 aliphatic heterocycles. The van der Waals surface area contributed by atoms with E-state index < -0.39 is 0 Å². The first-order valence-electron chi connectivity index (χ1n) is 8.37. The molecule has 5 heteroatoms. The molecule has 3 aromatic rings. The third-order valence-corrected chi connectivity index (χ3v) is 5.21. The maximum Gasteiger partial charge on any atom is 0.252 e. The van der Waals surface area contributed by atoms with Gasteiger partial charge in [-0.25, -0.2) is 4.98 Å². The van der Waals surface area contributed by atoms with Crippen LogP contribution in [0.25, 0.3) is 0 Å². The first-order chi connectivity index (χ1) is 12.5. The Bertz CT molecular complexity index is 958. The van der Waals surface area contributed by atoms with E-state index in [1.165, 1.54) is 0 Å². The van der Waals surface area contributed by atoms with Gasteiger partial charge in [-0.15, -0.1) is 11.3 Å². The molecule has 0 saturated heterocycles. The molecule has 132 valence electrons. The predicted molar refractivity (Wildman–Crippen MR) is 104 cm³/mol. The molecule has 1 N–H and O–H groups in total. The largest absolute Gasteiger partial charge is 0.347 e. The number of benzene rings is 2. The van der Waals surface area contributed by atoms with Gasteiger partial charge in [-0.2, -0.15) is 0 Å². The van der Waals surface area contributed by atoms with E-state index >= 15 is 0 Å². The average molecular weight is 364 g/mol. The fraction of sp³-hybridized carbons (Fsp3) is 0.190. The van der Waals surface area contributed by atoms with Crippen LogP contribution in [0.1, 0.15) is 47.4 Å². The number of amides is 1. The predicted octanol–water partition coefficient (Wildman–Crippen LogP) is 4.23. The minimum absolute atomic E-state index is 0.152. The zero-order valence-corrected chi connectivity index (χ0v) is 15.8.